The average Bonchev–Trinajstić information content (AvgIpc) is 2.55. The van der Waals surface area contributed by atoms with Crippen LogP contribution in [0.2, 0.25) is 0 Å². The molecule has 0 aliphatic heterocycles. The van der Waals surface area contributed by atoms with E-state index in [-0.39, 0.29) is 6.04 Å². The van der Waals surface area contributed by atoms with Crippen LogP contribution in [0.25, 0.3) is 11.0 Å². The van der Waals surface area contributed by atoms with Gasteiger partial charge in [-0.25, -0.2) is 4.98 Å². The second kappa shape index (κ2) is 4.26. The van der Waals surface area contributed by atoms with Crippen molar-refractivity contribution in [3.8, 4) is 0 Å². The Labute approximate surface area is 96.3 Å². The zero-order valence-corrected chi connectivity index (χ0v) is 10.2. The van der Waals surface area contributed by atoms with Gasteiger partial charge in [-0.3, -0.25) is 0 Å². The lowest BCUT2D eigenvalue weighted by Crippen LogP contribution is -2.23. The summed E-state index contributed by atoms with van der Waals surface area (Å²) >= 11 is 0. The Morgan fingerprint density at radius 2 is 2.19 bits per heavy atom. The van der Waals surface area contributed by atoms with Crippen LogP contribution in [0.5, 0.6) is 0 Å². The van der Waals surface area contributed by atoms with E-state index in [0.29, 0.717) is 0 Å². The fraction of sp³-hybridized carbons (Fsp3) is 0.462. The number of hydrogen-bond acceptors (Lipinski definition) is 2. The molecule has 1 unspecified atom stereocenters. The van der Waals surface area contributed by atoms with Gasteiger partial charge in [-0.05, 0) is 31.0 Å². The van der Waals surface area contributed by atoms with Crippen molar-refractivity contribution < 1.29 is 0 Å². The predicted octanol–water partition coefficient (Wildman–Crippen LogP) is 2.16. The topological polar surface area (TPSA) is 43.8 Å². The number of aromatic nitrogens is 2. The van der Waals surface area contributed by atoms with Crippen LogP contribution < -0.4 is 5.73 Å². The highest BCUT2D eigenvalue weighted by Crippen LogP contribution is 2.17. The molecular weight excluding hydrogens is 198 g/mol. The highest BCUT2D eigenvalue weighted by Gasteiger charge is 2.10. The predicted molar refractivity (Wildman–Crippen MR) is 67.4 cm³/mol. The van der Waals surface area contributed by atoms with E-state index in [0.717, 1.165) is 24.2 Å². The second-order valence-corrected chi connectivity index (χ2v) is 4.45. The fourth-order valence-electron chi connectivity index (χ4n) is 1.92. The molecular formula is C13H19N3. The molecule has 1 aromatic heterocycles. The molecule has 3 nitrogen and oxygen atoms in total. The zero-order chi connectivity index (χ0) is 11.7. The molecule has 2 aromatic rings. The molecule has 1 atom stereocenters. The van der Waals surface area contributed by atoms with Gasteiger partial charge >= 0.3 is 0 Å². The van der Waals surface area contributed by atoms with Gasteiger partial charge in [0.05, 0.1) is 11.0 Å². The molecule has 0 fully saturated rings. The monoisotopic (exact) mass is 217 g/mol. The molecule has 1 aromatic carbocycles. The molecule has 0 aliphatic rings. The molecule has 0 saturated carbocycles. The zero-order valence-electron chi connectivity index (χ0n) is 10.2. The van der Waals surface area contributed by atoms with E-state index in [4.69, 9.17) is 5.73 Å². The van der Waals surface area contributed by atoms with Gasteiger partial charge in [-0.1, -0.05) is 13.0 Å². The van der Waals surface area contributed by atoms with Crippen molar-refractivity contribution in [2.75, 3.05) is 0 Å². The molecule has 0 radical (unpaired) electrons. The van der Waals surface area contributed by atoms with Crippen molar-refractivity contribution in [3.05, 3.63) is 29.6 Å². The van der Waals surface area contributed by atoms with Crippen molar-refractivity contribution in [1.82, 2.24) is 9.55 Å². The number of nitrogens with two attached hydrogens (primary N) is 1. The Balaban J connectivity index is 2.43. The number of benzene rings is 1. The number of aryl methyl sites for hydroxylation is 2. The Bertz CT molecular complexity index is 499. The maximum Gasteiger partial charge on any atom is 0.111 e. The smallest absolute Gasteiger partial charge is 0.111 e. The van der Waals surface area contributed by atoms with Gasteiger partial charge in [-0.2, -0.15) is 0 Å². The van der Waals surface area contributed by atoms with Crippen LogP contribution in [0, 0.1) is 6.92 Å². The third-order valence-corrected chi connectivity index (χ3v) is 3.10. The van der Waals surface area contributed by atoms with Crippen LogP contribution in [0.15, 0.2) is 18.2 Å². The Morgan fingerprint density at radius 1 is 1.44 bits per heavy atom. The number of nitrogens with zero attached hydrogens (tertiary/aromatic N) is 2. The second-order valence-electron chi connectivity index (χ2n) is 4.45. The number of rotatable bonds is 3. The van der Waals surface area contributed by atoms with Crippen LogP contribution in [0.4, 0.5) is 0 Å². The standard InChI is InChI=1S/C13H19N3/c1-4-10(14)8-13-15-11-7-9(2)5-6-12(11)16(13)3/h5-7,10H,4,8,14H2,1-3H3. The lowest BCUT2D eigenvalue weighted by atomic mass is 10.1. The van der Waals surface area contributed by atoms with Crippen molar-refractivity contribution in [2.45, 2.75) is 32.7 Å². The Kier molecular flexibility index (Phi) is 2.97. The van der Waals surface area contributed by atoms with Crippen molar-refractivity contribution in [2.24, 2.45) is 12.8 Å². The van der Waals surface area contributed by atoms with Gasteiger partial charge in [0.2, 0.25) is 0 Å². The molecule has 1 heterocycles. The SMILES string of the molecule is CCC(N)Cc1nc2cc(C)ccc2n1C. The number of fused-ring (bicyclic) bond motifs is 1. The van der Waals surface area contributed by atoms with E-state index in [1.165, 1.54) is 11.1 Å². The summed E-state index contributed by atoms with van der Waals surface area (Å²) in [5.74, 6) is 1.08. The van der Waals surface area contributed by atoms with E-state index in [2.05, 4.69) is 48.6 Å². The average molecular weight is 217 g/mol. The molecule has 2 rings (SSSR count). The van der Waals surface area contributed by atoms with Crippen molar-refractivity contribution in [1.29, 1.82) is 0 Å². The maximum atomic E-state index is 5.97. The Hall–Kier alpha value is -1.35. The van der Waals surface area contributed by atoms with E-state index < -0.39 is 0 Å². The van der Waals surface area contributed by atoms with E-state index in [1.807, 2.05) is 0 Å². The van der Waals surface area contributed by atoms with Gasteiger partial charge in [0.15, 0.2) is 0 Å². The number of hydrogen-bond donors (Lipinski definition) is 1. The van der Waals surface area contributed by atoms with Crippen LogP contribution >= 0.6 is 0 Å². The summed E-state index contributed by atoms with van der Waals surface area (Å²) in [6.45, 7) is 4.20. The van der Waals surface area contributed by atoms with Crippen LogP contribution in [-0.4, -0.2) is 15.6 Å². The molecule has 0 spiro atoms. The first kappa shape index (κ1) is 11.1. The molecule has 16 heavy (non-hydrogen) atoms. The van der Waals surface area contributed by atoms with Gasteiger partial charge in [-0.15, -0.1) is 0 Å². The van der Waals surface area contributed by atoms with Crippen LogP contribution in [0.3, 0.4) is 0 Å². The van der Waals surface area contributed by atoms with Crippen molar-refractivity contribution >= 4 is 11.0 Å². The fourth-order valence-corrected chi connectivity index (χ4v) is 1.92. The third-order valence-electron chi connectivity index (χ3n) is 3.10. The summed E-state index contributed by atoms with van der Waals surface area (Å²) in [7, 11) is 2.06. The maximum absolute atomic E-state index is 5.97. The molecule has 2 N–H and O–H groups in total. The minimum absolute atomic E-state index is 0.205. The molecule has 0 saturated heterocycles. The summed E-state index contributed by atoms with van der Waals surface area (Å²) in [5.41, 5.74) is 9.47. The molecule has 3 heteroatoms. The summed E-state index contributed by atoms with van der Waals surface area (Å²) < 4.78 is 2.14. The van der Waals surface area contributed by atoms with Crippen LogP contribution in [-0.2, 0) is 13.5 Å². The molecule has 0 amide bonds. The quantitative estimate of drug-likeness (QED) is 0.856. The lowest BCUT2D eigenvalue weighted by molar-refractivity contribution is 0.612. The van der Waals surface area contributed by atoms with Gasteiger partial charge < -0.3 is 10.3 Å². The van der Waals surface area contributed by atoms with Gasteiger partial charge in [0, 0.05) is 19.5 Å². The first-order chi connectivity index (χ1) is 7.61. The molecule has 86 valence electrons. The summed E-state index contributed by atoms with van der Waals surface area (Å²) in [6, 6.07) is 6.57. The summed E-state index contributed by atoms with van der Waals surface area (Å²) in [5, 5.41) is 0. The summed E-state index contributed by atoms with van der Waals surface area (Å²) in [6.07, 6.45) is 1.84. The minimum Gasteiger partial charge on any atom is -0.331 e. The summed E-state index contributed by atoms with van der Waals surface area (Å²) in [4.78, 5) is 4.64. The van der Waals surface area contributed by atoms with E-state index >= 15 is 0 Å². The van der Waals surface area contributed by atoms with E-state index in [1.54, 1.807) is 0 Å². The van der Waals surface area contributed by atoms with Gasteiger partial charge in [0.25, 0.3) is 0 Å². The van der Waals surface area contributed by atoms with Crippen LogP contribution in [0.1, 0.15) is 24.7 Å². The first-order valence-electron chi connectivity index (χ1n) is 5.79. The first-order valence-corrected chi connectivity index (χ1v) is 5.79. The minimum atomic E-state index is 0.205. The molecule has 0 aliphatic carbocycles. The normalized spacial score (nSPS) is 13.2. The largest absolute Gasteiger partial charge is 0.331 e. The van der Waals surface area contributed by atoms with Crippen molar-refractivity contribution in [3.63, 3.8) is 0 Å². The van der Waals surface area contributed by atoms with Gasteiger partial charge in [0.1, 0.15) is 5.82 Å². The van der Waals surface area contributed by atoms with E-state index in [9.17, 15) is 0 Å². The third kappa shape index (κ3) is 1.95. The highest BCUT2D eigenvalue weighted by molar-refractivity contribution is 5.76. The highest BCUT2D eigenvalue weighted by atomic mass is 15.1. The number of imidazole rings is 1. The molecule has 0 bridgehead atoms. The Morgan fingerprint density at radius 3 is 2.88 bits per heavy atom. The lowest BCUT2D eigenvalue weighted by Gasteiger charge is -2.07.